The molecule has 2 aromatic carbocycles. The highest BCUT2D eigenvalue weighted by Crippen LogP contribution is 2.29. The summed E-state index contributed by atoms with van der Waals surface area (Å²) in [7, 11) is 4.26. The number of carbonyl (C=O) groups excluding carboxylic acids is 1. The Bertz CT molecular complexity index is 1610. The minimum atomic E-state index is -0.266. The fourth-order valence-electron chi connectivity index (χ4n) is 4.88. The minimum Gasteiger partial charge on any atom is -0.370 e. The van der Waals surface area contributed by atoms with Gasteiger partial charge in [0.25, 0.3) is 5.91 Å². The molecule has 0 radical (unpaired) electrons. The van der Waals surface area contributed by atoms with Gasteiger partial charge in [0.15, 0.2) is 11.5 Å². The summed E-state index contributed by atoms with van der Waals surface area (Å²) in [4.78, 5) is 27.0. The van der Waals surface area contributed by atoms with Crippen LogP contribution in [0.5, 0.6) is 0 Å². The van der Waals surface area contributed by atoms with Gasteiger partial charge in [-0.25, -0.2) is 14.6 Å². The van der Waals surface area contributed by atoms with Gasteiger partial charge in [0.05, 0.1) is 21.4 Å². The Morgan fingerprint density at radius 3 is 2.68 bits per heavy atom. The highest BCUT2D eigenvalue weighted by atomic mass is 32.1. The van der Waals surface area contributed by atoms with Gasteiger partial charge in [-0.2, -0.15) is 5.10 Å². The van der Waals surface area contributed by atoms with Crippen LogP contribution in [0.15, 0.2) is 72.2 Å². The standard InChI is InChI=1S/C29H29N7OS/c1-19-5-4-6-28(31-19)36-26(20-7-12-24-27(15-20)38-18-30-24)16-25(33-36)29(37)32-21-8-10-22(11-9-21)35-14-13-23(17-35)34(2)3/h4-12,15-16,18,23H,13-14,17H2,1-3H3,(H,32,37). The van der Waals surface area contributed by atoms with Crippen molar-refractivity contribution in [2.75, 3.05) is 37.4 Å². The second-order valence-electron chi connectivity index (χ2n) is 9.85. The lowest BCUT2D eigenvalue weighted by molar-refractivity contribution is 0.102. The molecule has 0 aliphatic carbocycles. The molecule has 3 aromatic heterocycles. The zero-order valence-corrected chi connectivity index (χ0v) is 22.4. The molecule has 8 nitrogen and oxygen atoms in total. The van der Waals surface area contributed by atoms with Crippen LogP contribution in [0.2, 0.25) is 0 Å². The molecule has 0 spiro atoms. The maximum atomic E-state index is 13.3. The average molecular weight is 524 g/mol. The number of rotatable bonds is 6. The largest absolute Gasteiger partial charge is 0.370 e. The highest BCUT2D eigenvalue weighted by Gasteiger charge is 2.24. The fourth-order valence-corrected chi connectivity index (χ4v) is 5.60. The zero-order chi connectivity index (χ0) is 26.2. The molecule has 1 unspecified atom stereocenters. The second kappa shape index (κ2) is 10.00. The molecular weight excluding hydrogens is 494 g/mol. The van der Waals surface area contributed by atoms with Crippen LogP contribution in [0.4, 0.5) is 11.4 Å². The maximum absolute atomic E-state index is 13.3. The third-order valence-corrected chi connectivity index (χ3v) is 7.84. The number of thiazole rings is 1. The van der Waals surface area contributed by atoms with Crippen LogP contribution in [-0.2, 0) is 0 Å². The number of aromatic nitrogens is 4. The number of hydrogen-bond donors (Lipinski definition) is 1. The van der Waals surface area contributed by atoms with Gasteiger partial charge >= 0.3 is 0 Å². The van der Waals surface area contributed by atoms with Crippen LogP contribution in [-0.4, -0.2) is 63.8 Å². The number of amides is 1. The summed E-state index contributed by atoms with van der Waals surface area (Å²) in [5.74, 6) is 0.396. The molecule has 192 valence electrons. The molecule has 1 saturated heterocycles. The predicted molar refractivity (Wildman–Crippen MR) is 153 cm³/mol. The molecule has 1 amide bonds. The summed E-state index contributed by atoms with van der Waals surface area (Å²) >= 11 is 1.59. The SMILES string of the molecule is Cc1cccc(-n2nc(C(=O)Nc3ccc(N4CCC(N(C)C)C4)cc3)cc2-c2ccc3ncsc3c2)n1. The number of anilines is 2. The van der Waals surface area contributed by atoms with E-state index in [0.29, 0.717) is 17.6 Å². The van der Waals surface area contributed by atoms with E-state index in [9.17, 15) is 4.79 Å². The van der Waals surface area contributed by atoms with E-state index in [2.05, 4.69) is 62.5 Å². The first-order valence-corrected chi connectivity index (χ1v) is 13.5. The molecule has 1 atom stereocenters. The summed E-state index contributed by atoms with van der Waals surface area (Å²) in [6, 6.07) is 22.3. The molecule has 6 rings (SSSR count). The van der Waals surface area contributed by atoms with Gasteiger partial charge in [0, 0.05) is 41.8 Å². The van der Waals surface area contributed by atoms with Crippen LogP contribution in [0.1, 0.15) is 22.6 Å². The third kappa shape index (κ3) is 4.78. The van der Waals surface area contributed by atoms with E-state index in [0.717, 1.165) is 52.4 Å². The Kier molecular flexibility index (Phi) is 6.39. The number of benzene rings is 2. The van der Waals surface area contributed by atoms with Gasteiger partial charge in [0.2, 0.25) is 0 Å². The van der Waals surface area contributed by atoms with Crippen molar-refractivity contribution >= 4 is 38.8 Å². The number of carbonyl (C=O) groups is 1. The first-order valence-electron chi connectivity index (χ1n) is 12.6. The van der Waals surface area contributed by atoms with Gasteiger partial charge < -0.3 is 15.1 Å². The van der Waals surface area contributed by atoms with E-state index in [4.69, 9.17) is 0 Å². The van der Waals surface area contributed by atoms with Gasteiger partial charge in [0.1, 0.15) is 0 Å². The Labute approximate surface area is 225 Å². The Hall–Kier alpha value is -4.08. The van der Waals surface area contributed by atoms with Crippen LogP contribution < -0.4 is 10.2 Å². The Balaban J connectivity index is 1.27. The molecule has 4 heterocycles. The molecule has 1 N–H and O–H groups in total. The monoisotopic (exact) mass is 523 g/mol. The van der Waals surface area contributed by atoms with Crippen molar-refractivity contribution in [2.24, 2.45) is 0 Å². The molecular formula is C29H29N7OS. The van der Waals surface area contributed by atoms with Crippen molar-refractivity contribution in [2.45, 2.75) is 19.4 Å². The van der Waals surface area contributed by atoms with Crippen LogP contribution >= 0.6 is 11.3 Å². The quantitative estimate of drug-likeness (QED) is 0.328. The zero-order valence-electron chi connectivity index (χ0n) is 21.6. The lowest BCUT2D eigenvalue weighted by Gasteiger charge is -2.22. The second-order valence-corrected chi connectivity index (χ2v) is 10.7. The van der Waals surface area contributed by atoms with Gasteiger partial charge in [-0.15, -0.1) is 11.3 Å². The molecule has 1 fully saturated rings. The van der Waals surface area contributed by atoms with Crippen molar-refractivity contribution in [3.8, 4) is 17.1 Å². The number of nitrogens with zero attached hydrogens (tertiary/aromatic N) is 6. The predicted octanol–water partition coefficient (Wildman–Crippen LogP) is 5.25. The number of likely N-dealkylation sites (N-methyl/N-ethyl adjacent to an activating group) is 1. The summed E-state index contributed by atoms with van der Waals surface area (Å²) < 4.78 is 2.82. The van der Waals surface area contributed by atoms with Crippen molar-refractivity contribution < 1.29 is 4.79 Å². The molecule has 0 bridgehead atoms. The van der Waals surface area contributed by atoms with Crippen LogP contribution in [0.25, 0.3) is 27.3 Å². The minimum absolute atomic E-state index is 0.266. The van der Waals surface area contributed by atoms with Gasteiger partial charge in [-0.3, -0.25) is 4.79 Å². The van der Waals surface area contributed by atoms with E-state index in [1.54, 1.807) is 16.0 Å². The van der Waals surface area contributed by atoms with Crippen molar-refractivity contribution in [1.82, 2.24) is 24.6 Å². The Morgan fingerprint density at radius 2 is 1.92 bits per heavy atom. The first-order chi connectivity index (χ1) is 18.4. The van der Waals surface area contributed by atoms with E-state index in [-0.39, 0.29) is 5.91 Å². The molecule has 9 heteroatoms. The molecule has 5 aromatic rings. The highest BCUT2D eigenvalue weighted by molar-refractivity contribution is 7.16. The van der Waals surface area contributed by atoms with Crippen molar-refractivity contribution in [1.29, 1.82) is 0 Å². The van der Waals surface area contributed by atoms with Crippen LogP contribution in [0, 0.1) is 6.92 Å². The molecule has 0 saturated carbocycles. The number of fused-ring (bicyclic) bond motifs is 1. The summed E-state index contributed by atoms with van der Waals surface area (Å²) in [5, 5.41) is 7.70. The van der Waals surface area contributed by atoms with E-state index in [1.165, 1.54) is 5.69 Å². The first kappa shape index (κ1) is 24.3. The average Bonchev–Trinajstić information content (AvgIpc) is 3.68. The van der Waals surface area contributed by atoms with E-state index in [1.807, 2.05) is 61.0 Å². The topological polar surface area (TPSA) is 79.2 Å². The number of aryl methyl sites for hydroxylation is 1. The summed E-state index contributed by atoms with van der Waals surface area (Å²) in [5.41, 5.74) is 7.63. The fraction of sp³-hybridized carbons (Fsp3) is 0.241. The normalized spacial score (nSPS) is 15.5. The van der Waals surface area contributed by atoms with Gasteiger partial charge in [-0.05, 0) is 82.0 Å². The van der Waals surface area contributed by atoms with Crippen molar-refractivity contribution in [3.05, 3.63) is 83.6 Å². The Morgan fingerprint density at radius 1 is 1.08 bits per heavy atom. The molecule has 38 heavy (non-hydrogen) atoms. The van der Waals surface area contributed by atoms with Crippen LogP contribution in [0.3, 0.4) is 0 Å². The molecule has 1 aliphatic heterocycles. The lowest BCUT2D eigenvalue weighted by Crippen LogP contribution is -2.31. The number of nitrogens with one attached hydrogen (secondary N) is 1. The number of hydrogen-bond acceptors (Lipinski definition) is 7. The maximum Gasteiger partial charge on any atom is 0.276 e. The lowest BCUT2D eigenvalue weighted by atomic mass is 10.1. The summed E-state index contributed by atoms with van der Waals surface area (Å²) in [6.45, 7) is 3.99. The summed E-state index contributed by atoms with van der Waals surface area (Å²) in [6.07, 6.45) is 1.15. The van der Waals surface area contributed by atoms with Crippen molar-refractivity contribution in [3.63, 3.8) is 0 Å². The molecule has 1 aliphatic rings. The number of pyridine rings is 1. The van der Waals surface area contributed by atoms with Gasteiger partial charge in [-0.1, -0.05) is 12.1 Å². The third-order valence-electron chi connectivity index (χ3n) is 7.04. The smallest absolute Gasteiger partial charge is 0.276 e. The van der Waals surface area contributed by atoms with E-state index >= 15 is 0 Å². The van der Waals surface area contributed by atoms with E-state index < -0.39 is 0 Å².